The van der Waals surface area contributed by atoms with Crippen LogP contribution in [-0.4, -0.2) is 15.5 Å². The summed E-state index contributed by atoms with van der Waals surface area (Å²) in [6.07, 6.45) is 11.2. The van der Waals surface area contributed by atoms with Crippen LogP contribution in [0, 0.1) is 5.92 Å². The second kappa shape index (κ2) is 6.55. The fourth-order valence-electron chi connectivity index (χ4n) is 1.93. The first-order valence-corrected chi connectivity index (χ1v) is 7.47. The SMILES string of the molecule is CC(C)(C)[S@@](=O)NC/C=C/C1CCCCC1. The zero-order valence-electron chi connectivity index (χ0n) is 10.8. The summed E-state index contributed by atoms with van der Waals surface area (Å²) in [5, 5.41) is 0. The Morgan fingerprint density at radius 2 is 1.88 bits per heavy atom. The average molecular weight is 243 g/mol. The van der Waals surface area contributed by atoms with E-state index >= 15 is 0 Å². The molecule has 0 aliphatic heterocycles. The van der Waals surface area contributed by atoms with Crippen LogP contribution in [0.2, 0.25) is 0 Å². The van der Waals surface area contributed by atoms with E-state index in [1.807, 2.05) is 20.8 Å². The smallest absolute Gasteiger partial charge is 0.0973 e. The molecular weight excluding hydrogens is 218 g/mol. The summed E-state index contributed by atoms with van der Waals surface area (Å²) < 4.78 is 14.6. The topological polar surface area (TPSA) is 29.1 Å². The van der Waals surface area contributed by atoms with Crippen molar-refractivity contribution >= 4 is 11.0 Å². The Balaban J connectivity index is 2.19. The predicted molar refractivity (Wildman–Crippen MR) is 71.6 cm³/mol. The minimum absolute atomic E-state index is 0.168. The highest BCUT2D eigenvalue weighted by atomic mass is 32.2. The lowest BCUT2D eigenvalue weighted by atomic mass is 9.89. The quantitative estimate of drug-likeness (QED) is 0.755. The Bertz CT molecular complexity index is 249. The van der Waals surface area contributed by atoms with E-state index in [0.717, 1.165) is 12.5 Å². The third-order valence-electron chi connectivity index (χ3n) is 2.95. The summed E-state index contributed by atoms with van der Waals surface area (Å²) in [6.45, 7) is 6.68. The van der Waals surface area contributed by atoms with Gasteiger partial charge < -0.3 is 0 Å². The van der Waals surface area contributed by atoms with Crippen molar-refractivity contribution in [3.05, 3.63) is 12.2 Å². The second-order valence-corrected chi connectivity index (χ2v) is 7.61. The Labute approximate surface area is 102 Å². The first kappa shape index (κ1) is 13.9. The van der Waals surface area contributed by atoms with Gasteiger partial charge in [-0.2, -0.15) is 0 Å². The predicted octanol–water partition coefficient (Wildman–Crippen LogP) is 3.17. The van der Waals surface area contributed by atoms with Crippen LogP contribution in [0.3, 0.4) is 0 Å². The molecule has 0 spiro atoms. The maximum absolute atomic E-state index is 11.7. The van der Waals surface area contributed by atoms with Crippen molar-refractivity contribution in [3.63, 3.8) is 0 Å². The number of hydrogen-bond acceptors (Lipinski definition) is 1. The van der Waals surface area contributed by atoms with Gasteiger partial charge in [0.1, 0.15) is 0 Å². The Morgan fingerprint density at radius 1 is 1.25 bits per heavy atom. The van der Waals surface area contributed by atoms with E-state index in [1.54, 1.807) is 0 Å². The minimum Gasteiger partial charge on any atom is -0.242 e. The van der Waals surface area contributed by atoms with Gasteiger partial charge in [0.05, 0.1) is 15.7 Å². The van der Waals surface area contributed by atoms with Crippen LogP contribution in [0.4, 0.5) is 0 Å². The normalized spacial score (nSPS) is 21.4. The Hall–Kier alpha value is -0.150. The third kappa shape index (κ3) is 5.26. The van der Waals surface area contributed by atoms with Crippen molar-refractivity contribution in [2.45, 2.75) is 57.6 Å². The van der Waals surface area contributed by atoms with Gasteiger partial charge in [-0.3, -0.25) is 0 Å². The van der Waals surface area contributed by atoms with E-state index in [4.69, 9.17) is 0 Å². The van der Waals surface area contributed by atoms with Crippen LogP contribution in [0.15, 0.2) is 12.2 Å². The lowest BCUT2D eigenvalue weighted by Crippen LogP contribution is -2.33. The minimum atomic E-state index is -0.945. The van der Waals surface area contributed by atoms with Gasteiger partial charge in [0.2, 0.25) is 0 Å². The Kier molecular flexibility index (Phi) is 5.70. The maximum Gasteiger partial charge on any atom is 0.0973 e. The molecule has 0 heterocycles. The third-order valence-corrected chi connectivity index (χ3v) is 4.49. The van der Waals surface area contributed by atoms with Gasteiger partial charge >= 0.3 is 0 Å². The van der Waals surface area contributed by atoms with E-state index in [0.29, 0.717) is 0 Å². The van der Waals surface area contributed by atoms with Gasteiger partial charge in [-0.25, -0.2) is 8.93 Å². The van der Waals surface area contributed by atoms with Crippen LogP contribution in [0.1, 0.15) is 52.9 Å². The van der Waals surface area contributed by atoms with E-state index in [2.05, 4.69) is 16.9 Å². The molecule has 1 rings (SSSR count). The molecule has 0 saturated heterocycles. The van der Waals surface area contributed by atoms with Crippen LogP contribution in [0.25, 0.3) is 0 Å². The molecule has 3 heteroatoms. The molecule has 0 aromatic heterocycles. The van der Waals surface area contributed by atoms with Crippen molar-refractivity contribution < 1.29 is 4.21 Å². The molecular formula is C13H25NOS. The second-order valence-electron chi connectivity index (χ2n) is 5.56. The number of rotatable bonds is 4. The summed E-state index contributed by atoms with van der Waals surface area (Å²) in [5.74, 6) is 0.763. The molecule has 0 radical (unpaired) electrons. The molecule has 16 heavy (non-hydrogen) atoms. The highest BCUT2D eigenvalue weighted by Crippen LogP contribution is 2.24. The van der Waals surface area contributed by atoms with E-state index in [9.17, 15) is 4.21 Å². The molecule has 1 N–H and O–H groups in total. The highest BCUT2D eigenvalue weighted by molar-refractivity contribution is 7.84. The maximum atomic E-state index is 11.7. The summed E-state index contributed by atoms with van der Waals surface area (Å²) >= 11 is 0. The van der Waals surface area contributed by atoms with Crippen LogP contribution >= 0.6 is 0 Å². The highest BCUT2D eigenvalue weighted by Gasteiger charge is 2.18. The monoisotopic (exact) mass is 243 g/mol. The first-order valence-electron chi connectivity index (χ1n) is 6.32. The van der Waals surface area contributed by atoms with E-state index < -0.39 is 11.0 Å². The molecule has 0 bridgehead atoms. The molecule has 1 saturated carbocycles. The van der Waals surface area contributed by atoms with Gasteiger partial charge in [-0.05, 0) is 39.5 Å². The molecule has 94 valence electrons. The van der Waals surface area contributed by atoms with Gasteiger partial charge in [-0.15, -0.1) is 0 Å². The molecule has 0 unspecified atom stereocenters. The summed E-state index contributed by atoms with van der Waals surface area (Å²) in [7, 11) is -0.945. The molecule has 1 aliphatic carbocycles. The van der Waals surface area contributed by atoms with Crippen molar-refractivity contribution in [1.82, 2.24) is 4.72 Å². The zero-order chi connectivity index (χ0) is 12.0. The largest absolute Gasteiger partial charge is 0.242 e. The van der Waals surface area contributed by atoms with Gasteiger partial charge in [-0.1, -0.05) is 31.4 Å². The summed E-state index contributed by atoms with van der Waals surface area (Å²) in [4.78, 5) is 0. The fourth-order valence-corrected chi connectivity index (χ4v) is 2.61. The van der Waals surface area contributed by atoms with Crippen molar-refractivity contribution in [1.29, 1.82) is 0 Å². The van der Waals surface area contributed by atoms with E-state index in [-0.39, 0.29) is 4.75 Å². The molecule has 1 atom stereocenters. The zero-order valence-corrected chi connectivity index (χ0v) is 11.6. The average Bonchev–Trinajstić information content (AvgIpc) is 2.24. The van der Waals surface area contributed by atoms with Crippen LogP contribution in [-0.2, 0) is 11.0 Å². The van der Waals surface area contributed by atoms with Gasteiger partial charge in [0, 0.05) is 6.54 Å². The van der Waals surface area contributed by atoms with Gasteiger partial charge in [0.25, 0.3) is 0 Å². The van der Waals surface area contributed by atoms with Crippen molar-refractivity contribution in [2.75, 3.05) is 6.54 Å². The summed E-state index contributed by atoms with van der Waals surface area (Å²) in [5.41, 5.74) is 0. The first-order chi connectivity index (χ1) is 7.50. The standard InChI is InChI=1S/C13H25NOS/c1-13(2,3)16(15)14-11-7-10-12-8-5-4-6-9-12/h7,10,12,14H,4-6,8-9,11H2,1-3H3/b10-7+/t16-/m1/s1. The van der Waals surface area contributed by atoms with E-state index in [1.165, 1.54) is 32.1 Å². The van der Waals surface area contributed by atoms with Crippen LogP contribution < -0.4 is 4.72 Å². The van der Waals surface area contributed by atoms with Crippen LogP contribution in [0.5, 0.6) is 0 Å². The lowest BCUT2D eigenvalue weighted by Gasteiger charge is -2.19. The number of hydrogen-bond donors (Lipinski definition) is 1. The van der Waals surface area contributed by atoms with Crippen molar-refractivity contribution in [2.24, 2.45) is 5.92 Å². The molecule has 0 amide bonds. The van der Waals surface area contributed by atoms with Gasteiger partial charge in [0.15, 0.2) is 0 Å². The lowest BCUT2D eigenvalue weighted by molar-refractivity contribution is 0.419. The molecule has 0 aromatic rings. The summed E-state index contributed by atoms with van der Waals surface area (Å²) in [6, 6.07) is 0. The molecule has 1 aliphatic rings. The van der Waals surface area contributed by atoms with Crippen molar-refractivity contribution in [3.8, 4) is 0 Å². The number of nitrogens with one attached hydrogen (secondary N) is 1. The molecule has 0 aromatic carbocycles. The molecule has 1 fully saturated rings. The Morgan fingerprint density at radius 3 is 2.44 bits per heavy atom. The molecule has 2 nitrogen and oxygen atoms in total. The fraction of sp³-hybridized carbons (Fsp3) is 0.846. The number of allylic oxidation sites excluding steroid dienone is 1.